The molecule has 0 aromatic heterocycles. The molecule has 90 valence electrons. The first kappa shape index (κ1) is 12.4. The van der Waals surface area contributed by atoms with Crippen molar-refractivity contribution in [1.82, 2.24) is 5.32 Å². The summed E-state index contributed by atoms with van der Waals surface area (Å²) in [7, 11) is 0. The number of hydrogen-bond acceptors (Lipinski definition) is 3. The maximum absolute atomic E-state index is 13.4. The maximum Gasteiger partial charge on any atom is 0.279 e. The molecule has 0 radical (unpaired) electrons. The SMILES string of the molecule is O=C1NC(C(=O)Nc2ccc(Br)cc2F)CS1. The summed E-state index contributed by atoms with van der Waals surface area (Å²) in [6.07, 6.45) is 0. The van der Waals surface area contributed by atoms with Crippen molar-refractivity contribution in [1.29, 1.82) is 0 Å². The molecule has 7 heteroatoms. The lowest BCUT2D eigenvalue weighted by molar-refractivity contribution is -0.117. The van der Waals surface area contributed by atoms with E-state index in [0.717, 1.165) is 11.8 Å². The molecule has 4 nitrogen and oxygen atoms in total. The Morgan fingerprint density at radius 1 is 1.59 bits per heavy atom. The Balaban J connectivity index is 2.05. The first-order chi connectivity index (χ1) is 8.06. The quantitative estimate of drug-likeness (QED) is 0.880. The van der Waals surface area contributed by atoms with Crippen LogP contribution in [0.5, 0.6) is 0 Å². The highest BCUT2D eigenvalue weighted by atomic mass is 79.9. The van der Waals surface area contributed by atoms with Gasteiger partial charge in [0.15, 0.2) is 0 Å². The molecule has 0 aliphatic carbocycles. The summed E-state index contributed by atoms with van der Waals surface area (Å²) in [5.74, 6) is -0.572. The third-order valence-electron chi connectivity index (χ3n) is 2.18. The monoisotopic (exact) mass is 318 g/mol. The second-order valence-corrected chi connectivity index (χ2v) is 5.32. The number of amides is 2. The second-order valence-electron chi connectivity index (χ2n) is 3.41. The average molecular weight is 319 g/mol. The molecule has 2 rings (SSSR count). The highest BCUT2D eigenvalue weighted by molar-refractivity contribution is 9.10. The predicted molar refractivity (Wildman–Crippen MR) is 67.5 cm³/mol. The summed E-state index contributed by atoms with van der Waals surface area (Å²) in [6.45, 7) is 0. The summed E-state index contributed by atoms with van der Waals surface area (Å²) >= 11 is 4.16. The van der Waals surface area contributed by atoms with E-state index in [2.05, 4.69) is 26.6 Å². The summed E-state index contributed by atoms with van der Waals surface area (Å²) in [6, 6.07) is 3.75. The first-order valence-corrected chi connectivity index (χ1v) is 6.53. The Hall–Kier alpha value is -1.08. The average Bonchev–Trinajstić information content (AvgIpc) is 2.69. The number of carbonyl (C=O) groups excluding carboxylic acids is 2. The van der Waals surface area contributed by atoms with E-state index in [0.29, 0.717) is 10.2 Å². The zero-order valence-electron chi connectivity index (χ0n) is 8.50. The van der Waals surface area contributed by atoms with Gasteiger partial charge < -0.3 is 10.6 Å². The van der Waals surface area contributed by atoms with E-state index >= 15 is 0 Å². The standard InChI is InChI=1S/C10H8BrFN2O2S/c11-5-1-2-7(6(12)3-5)13-9(15)8-4-17-10(16)14-8/h1-3,8H,4H2,(H,13,15)(H,14,16). The van der Waals surface area contributed by atoms with Gasteiger partial charge in [0.05, 0.1) is 5.69 Å². The van der Waals surface area contributed by atoms with Crippen molar-refractivity contribution < 1.29 is 14.0 Å². The van der Waals surface area contributed by atoms with Crippen LogP contribution < -0.4 is 10.6 Å². The Bertz CT molecular complexity index is 483. The van der Waals surface area contributed by atoms with Gasteiger partial charge in [-0.25, -0.2) is 4.39 Å². The van der Waals surface area contributed by atoms with Crippen LogP contribution in [0.2, 0.25) is 0 Å². The molecule has 1 aromatic carbocycles. The van der Waals surface area contributed by atoms with Crippen molar-refractivity contribution >= 4 is 44.5 Å². The van der Waals surface area contributed by atoms with E-state index in [4.69, 9.17) is 0 Å². The summed E-state index contributed by atoms with van der Waals surface area (Å²) in [4.78, 5) is 22.6. The largest absolute Gasteiger partial charge is 0.334 e. The normalized spacial score (nSPS) is 18.9. The lowest BCUT2D eigenvalue weighted by Gasteiger charge is -2.10. The molecule has 2 amide bonds. The van der Waals surface area contributed by atoms with Gasteiger partial charge in [-0.15, -0.1) is 0 Å². The molecule has 1 aliphatic heterocycles. The minimum atomic E-state index is -0.601. The van der Waals surface area contributed by atoms with E-state index < -0.39 is 17.8 Å². The fraction of sp³-hybridized carbons (Fsp3) is 0.200. The third kappa shape index (κ3) is 2.98. The van der Waals surface area contributed by atoms with Gasteiger partial charge in [0.25, 0.3) is 5.24 Å². The summed E-state index contributed by atoms with van der Waals surface area (Å²) < 4.78 is 14.0. The molecule has 2 N–H and O–H groups in total. The summed E-state index contributed by atoms with van der Waals surface area (Å²) in [5.41, 5.74) is 0.101. The molecule has 1 heterocycles. The van der Waals surface area contributed by atoms with Crippen LogP contribution in [0.25, 0.3) is 0 Å². The molecule has 1 unspecified atom stereocenters. The van der Waals surface area contributed by atoms with Crippen LogP contribution in [0.1, 0.15) is 0 Å². The van der Waals surface area contributed by atoms with E-state index in [-0.39, 0.29) is 10.9 Å². The van der Waals surface area contributed by atoms with Crippen LogP contribution in [0.4, 0.5) is 14.9 Å². The molecule has 1 atom stereocenters. The second kappa shape index (κ2) is 5.05. The minimum Gasteiger partial charge on any atom is -0.334 e. The highest BCUT2D eigenvalue weighted by Gasteiger charge is 2.28. The molecular formula is C10H8BrFN2O2S. The van der Waals surface area contributed by atoms with Gasteiger partial charge >= 0.3 is 0 Å². The lowest BCUT2D eigenvalue weighted by Crippen LogP contribution is -2.38. The number of benzene rings is 1. The number of anilines is 1. The third-order valence-corrected chi connectivity index (χ3v) is 3.55. The number of halogens is 2. The first-order valence-electron chi connectivity index (χ1n) is 4.75. The zero-order chi connectivity index (χ0) is 12.4. The number of rotatable bonds is 2. The molecule has 1 aromatic rings. The molecular weight excluding hydrogens is 311 g/mol. The van der Waals surface area contributed by atoms with Gasteiger partial charge in [0.1, 0.15) is 11.9 Å². The van der Waals surface area contributed by atoms with E-state index in [1.807, 2.05) is 0 Å². The van der Waals surface area contributed by atoms with Crippen LogP contribution in [0.3, 0.4) is 0 Å². The van der Waals surface area contributed by atoms with Crippen molar-refractivity contribution in [3.63, 3.8) is 0 Å². The van der Waals surface area contributed by atoms with Crippen molar-refractivity contribution in [2.75, 3.05) is 11.1 Å². The van der Waals surface area contributed by atoms with Gasteiger partial charge in [0, 0.05) is 10.2 Å². The van der Waals surface area contributed by atoms with Crippen molar-refractivity contribution in [3.05, 3.63) is 28.5 Å². The summed E-state index contributed by atoms with van der Waals surface area (Å²) in [5, 5.41) is 4.69. The molecule has 0 saturated carbocycles. The van der Waals surface area contributed by atoms with Crippen molar-refractivity contribution in [2.24, 2.45) is 0 Å². The van der Waals surface area contributed by atoms with E-state index in [1.54, 1.807) is 6.07 Å². The molecule has 1 saturated heterocycles. The number of nitrogens with one attached hydrogen (secondary N) is 2. The van der Waals surface area contributed by atoms with Gasteiger partial charge in [-0.1, -0.05) is 27.7 Å². The Labute approximate surface area is 109 Å². The molecule has 1 aliphatic rings. The molecule has 0 bridgehead atoms. The Kier molecular flexibility index (Phi) is 3.68. The van der Waals surface area contributed by atoms with Crippen molar-refractivity contribution in [3.8, 4) is 0 Å². The molecule has 17 heavy (non-hydrogen) atoms. The zero-order valence-corrected chi connectivity index (χ0v) is 10.9. The van der Waals surface area contributed by atoms with Crippen molar-refractivity contribution in [2.45, 2.75) is 6.04 Å². The van der Waals surface area contributed by atoms with Gasteiger partial charge in [-0.05, 0) is 18.2 Å². The van der Waals surface area contributed by atoms with Crippen LogP contribution in [-0.2, 0) is 4.79 Å². The predicted octanol–water partition coefficient (Wildman–Crippen LogP) is 2.35. The lowest BCUT2D eigenvalue weighted by atomic mass is 10.2. The number of hydrogen-bond donors (Lipinski definition) is 2. The molecule has 1 fully saturated rings. The van der Waals surface area contributed by atoms with Crippen LogP contribution in [0, 0.1) is 5.82 Å². The van der Waals surface area contributed by atoms with Gasteiger partial charge in [-0.3, -0.25) is 9.59 Å². The van der Waals surface area contributed by atoms with Crippen LogP contribution in [-0.4, -0.2) is 22.9 Å². The van der Waals surface area contributed by atoms with Gasteiger partial charge in [-0.2, -0.15) is 0 Å². The van der Waals surface area contributed by atoms with Crippen LogP contribution >= 0.6 is 27.7 Å². The van der Waals surface area contributed by atoms with Crippen LogP contribution in [0.15, 0.2) is 22.7 Å². The van der Waals surface area contributed by atoms with E-state index in [9.17, 15) is 14.0 Å². The fourth-order valence-electron chi connectivity index (χ4n) is 1.34. The Morgan fingerprint density at radius 3 is 2.94 bits per heavy atom. The number of carbonyl (C=O) groups is 2. The fourth-order valence-corrected chi connectivity index (χ4v) is 2.45. The Morgan fingerprint density at radius 2 is 2.35 bits per heavy atom. The molecule has 0 spiro atoms. The van der Waals surface area contributed by atoms with E-state index in [1.165, 1.54) is 12.1 Å². The number of thioether (sulfide) groups is 1. The minimum absolute atomic E-state index is 0.101. The highest BCUT2D eigenvalue weighted by Crippen LogP contribution is 2.20. The maximum atomic E-state index is 13.4. The van der Waals surface area contributed by atoms with Gasteiger partial charge in [0.2, 0.25) is 5.91 Å². The smallest absolute Gasteiger partial charge is 0.279 e. The topological polar surface area (TPSA) is 58.2 Å².